The smallest absolute Gasteiger partial charge is 0.234 e. The number of carbonyl (C=O) groups is 1. The van der Waals surface area contributed by atoms with Crippen molar-refractivity contribution in [2.45, 2.75) is 18.0 Å². The van der Waals surface area contributed by atoms with Gasteiger partial charge < -0.3 is 9.88 Å². The molecular formula is C19H19BrN4OS. The van der Waals surface area contributed by atoms with Crippen LogP contribution in [0.4, 0.5) is 5.69 Å². The molecule has 0 saturated carbocycles. The summed E-state index contributed by atoms with van der Waals surface area (Å²) in [5.41, 5.74) is 2.05. The number of halogens is 1. The number of hydrogen-bond acceptors (Lipinski definition) is 4. The maximum absolute atomic E-state index is 12.1. The number of thioether (sulfide) groups is 1. The Labute approximate surface area is 165 Å². The fraction of sp³-hybridized carbons (Fsp3) is 0.211. The van der Waals surface area contributed by atoms with Gasteiger partial charge in [0.1, 0.15) is 5.82 Å². The Morgan fingerprint density at radius 3 is 2.54 bits per heavy atom. The van der Waals surface area contributed by atoms with Gasteiger partial charge in [-0.25, -0.2) is 0 Å². The van der Waals surface area contributed by atoms with Gasteiger partial charge in [0, 0.05) is 23.6 Å². The summed E-state index contributed by atoms with van der Waals surface area (Å²) in [5.74, 6) is 1.15. The van der Waals surface area contributed by atoms with Gasteiger partial charge in [-0.2, -0.15) is 0 Å². The molecule has 1 amide bonds. The fourth-order valence-corrected chi connectivity index (χ4v) is 3.44. The minimum atomic E-state index is -0.0637. The van der Waals surface area contributed by atoms with Gasteiger partial charge >= 0.3 is 0 Å². The second-order valence-electron chi connectivity index (χ2n) is 5.79. The summed E-state index contributed by atoms with van der Waals surface area (Å²) in [6, 6.07) is 17.8. The van der Waals surface area contributed by atoms with E-state index in [1.165, 1.54) is 17.3 Å². The molecule has 0 atom stereocenters. The van der Waals surface area contributed by atoms with Crippen LogP contribution in [0.25, 0.3) is 0 Å². The van der Waals surface area contributed by atoms with Crippen LogP contribution < -0.4 is 5.32 Å². The number of hydrogen-bond donors (Lipinski definition) is 1. The largest absolute Gasteiger partial charge is 0.325 e. The minimum Gasteiger partial charge on any atom is -0.325 e. The Morgan fingerprint density at radius 1 is 1.08 bits per heavy atom. The van der Waals surface area contributed by atoms with Gasteiger partial charge in [0.05, 0.1) is 5.75 Å². The van der Waals surface area contributed by atoms with E-state index in [-0.39, 0.29) is 5.91 Å². The van der Waals surface area contributed by atoms with Crippen molar-refractivity contribution in [1.82, 2.24) is 14.8 Å². The third-order valence-corrected chi connectivity index (χ3v) is 5.41. The summed E-state index contributed by atoms with van der Waals surface area (Å²) in [6.45, 7) is 0. The van der Waals surface area contributed by atoms with E-state index in [4.69, 9.17) is 0 Å². The first-order chi connectivity index (χ1) is 12.6. The number of benzene rings is 2. The summed E-state index contributed by atoms with van der Waals surface area (Å²) in [7, 11) is 1.94. The molecule has 0 bridgehead atoms. The predicted octanol–water partition coefficient (Wildman–Crippen LogP) is 4.09. The first kappa shape index (κ1) is 18.7. The number of rotatable bonds is 7. The molecule has 0 unspecified atom stereocenters. The predicted molar refractivity (Wildman–Crippen MR) is 108 cm³/mol. The van der Waals surface area contributed by atoms with E-state index in [0.717, 1.165) is 34.0 Å². The van der Waals surface area contributed by atoms with Crippen LogP contribution in [0.15, 0.2) is 64.2 Å². The van der Waals surface area contributed by atoms with Crippen LogP contribution >= 0.6 is 27.7 Å². The standard InChI is InChI=1S/C19H19BrN4OS/c1-24-17(12-7-14-5-3-2-4-6-14)22-23-19(24)26-13-18(25)21-16-10-8-15(20)9-11-16/h2-6,8-11H,7,12-13H2,1H3,(H,21,25). The Hall–Kier alpha value is -2.12. The zero-order valence-electron chi connectivity index (χ0n) is 14.4. The molecule has 3 aromatic rings. The summed E-state index contributed by atoms with van der Waals surface area (Å²) in [5, 5.41) is 12.1. The van der Waals surface area contributed by atoms with Gasteiger partial charge in [0.25, 0.3) is 0 Å². The lowest BCUT2D eigenvalue weighted by molar-refractivity contribution is -0.113. The molecule has 1 heterocycles. The zero-order chi connectivity index (χ0) is 18.4. The Balaban J connectivity index is 1.51. The van der Waals surface area contributed by atoms with E-state index in [9.17, 15) is 4.79 Å². The Morgan fingerprint density at radius 2 is 1.81 bits per heavy atom. The maximum Gasteiger partial charge on any atom is 0.234 e. The topological polar surface area (TPSA) is 59.8 Å². The van der Waals surface area contributed by atoms with E-state index in [2.05, 4.69) is 43.6 Å². The third-order valence-electron chi connectivity index (χ3n) is 3.87. The first-order valence-electron chi connectivity index (χ1n) is 8.22. The van der Waals surface area contributed by atoms with Gasteiger partial charge in [-0.3, -0.25) is 4.79 Å². The fourth-order valence-electron chi connectivity index (χ4n) is 2.45. The molecule has 0 radical (unpaired) electrons. The van der Waals surface area contributed by atoms with Gasteiger partial charge in [-0.15, -0.1) is 10.2 Å². The average Bonchev–Trinajstić information content (AvgIpc) is 3.01. The lowest BCUT2D eigenvalue weighted by Gasteiger charge is -2.06. The first-order valence-corrected chi connectivity index (χ1v) is 10.00. The van der Waals surface area contributed by atoms with Crippen LogP contribution in [0.2, 0.25) is 0 Å². The van der Waals surface area contributed by atoms with Gasteiger partial charge in [-0.1, -0.05) is 58.0 Å². The number of nitrogens with one attached hydrogen (secondary N) is 1. The molecule has 0 aliphatic rings. The average molecular weight is 431 g/mol. The zero-order valence-corrected chi connectivity index (χ0v) is 16.8. The van der Waals surface area contributed by atoms with Crippen LogP contribution in [-0.4, -0.2) is 26.4 Å². The van der Waals surface area contributed by atoms with Crippen LogP contribution in [0.1, 0.15) is 11.4 Å². The second kappa shape index (κ2) is 9.00. The quantitative estimate of drug-likeness (QED) is 0.573. The maximum atomic E-state index is 12.1. The van der Waals surface area contributed by atoms with E-state index >= 15 is 0 Å². The van der Waals surface area contributed by atoms with E-state index < -0.39 is 0 Å². The van der Waals surface area contributed by atoms with Gasteiger partial charge in [0.15, 0.2) is 5.16 Å². The summed E-state index contributed by atoms with van der Waals surface area (Å²) in [4.78, 5) is 12.1. The summed E-state index contributed by atoms with van der Waals surface area (Å²) >= 11 is 4.76. The van der Waals surface area contributed by atoms with E-state index in [0.29, 0.717) is 5.75 Å². The van der Waals surface area contributed by atoms with E-state index in [1.54, 1.807) is 0 Å². The SMILES string of the molecule is Cn1c(CCc2ccccc2)nnc1SCC(=O)Nc1ccc(Br)cc1. The number of aryl methyl sites for hydroxylation is 2. The lowest BCUT2D eigenvalue weighted by Crippen LogP contribution is -2.14. The highest BCUT2D eigenvalue weighted by Gasteiger charge is 2.11. The molecule has 3 rings (SSSR count). The van der Waals surface area contributed by atoms with Crippen molar-refractivity contribution in [1.29, 1.82) is 0 Å². The Bertz CT molecular complexity index is 865. The van der Waals surface area contributed by atoms with Crippen molar-refractivity contribution in [3.8, 4) is 0 Å². The highest BCUT2D eigenvalue weighted by atomic mass is 79.9. The second-order valence-corrected chi connectivity index (χ2v) is 7.65. The van der Waals surface area contributed by atoms with Crippen LogP contribution in [0.5, 0.6) is 0 Å². The molecule has 0 fully saturated rings. The number of aromatic nitrogens is 3. The van der Waals surface area contributed by atoms with Crippen molar-refractivity contribution in [3.63, 3.8) is 0 Å². The van der Waals surface area contributed by atoms with Crippen LogP contribution in [0, 0.1) is 0 Å². The van der Waals surface area contributed by atoms with Crippen LogP contribution in [0.3, 0.4) is 0 Å². The van der Waals surface area contributed by atoms with Crippen LogP contribution in [-0.2, 0) is 24.7 Å². The van der Waals surface area contributed by atoms with E-state index in [1.807, 2.05) is 54.1 Å². The highest BCUT2D eigenvalue weighted by Crippen LogP contribution is 2.18. The third kappa shape index (κ3) is 5.19. The number of amides is 1. The summed E-state index contributed by atoms with van der Waals surface area (Å²) in [6.07, 6.45) is 1.74. The molecule has 1 N–H and O–H groups in total. The normalized spacial score (nSPS) is 10.7. The molecular weight excluding hydrogens is 412 g/mol. The Kier molecular flexibility index (Phi) is 6.46. The molecule has 5 nitrogen and oxygen atoms in total. The molecule has 26 heavy (non-hydrogen) atoms. The number of nitrogens with zero attached hydrogens (tertiary/aromatic N) is 3. The van der Waals surface area contributed by atoms with Gasteiger partial charge in [-0.05, 0) is 36.2 Å². The molecule has 0 aliphatic carbocycles. The molecule has 2 aromatic carbocycles. The molecule has 7 heteroatoms. The van der Waals surface area contributed by atoms with Crippen molar-refractivity contribution >= 4 is 39.3 Å². The van der Waals surface area contributed by atoms with Crippen molar-refractivity contribution in [3.05, 3.63) is 70.5 Å². The highest BCUT2D eigenvalue weighted by molar-refractivity contribution is 9.10. The molecule has 1 aromatic heterocycles. The van der Waals surface area contributed by atoms with Crippen molar-refractivity contribution in [2.24, 2.45) is 7.05 Å². The number of anilines is 1. The molecule has 134 valence electrons. The molecule has 0 aliphatic heterocycles. The molecule has 0 saturated heterocycles. The van der Waals surface area contributed by atoms with Crippen molar-refractivity contribution < 1.29 is 4.79 Å². The summed E-state index contributed by atoms with van der Waals surface area (Å²) < 4.78 is 2.94. The minimum absolute atomic E-state index is 0.0637. The van der Waals surface area contributed by atoms with Gasteiger partial charge in [0.2, 0.25) is 5.91 Å². The lowest BCUT2D eigenvalue weighted by atomic mass is 10.1. The molecule has 0 spiro atoms. The van der Waals surface area contributed by atoms with Crippen molar-refractivity contribution in [2.75, 3.05) is 11.1 Å². The monoisotopic (exact) mass is 430 g/mol. The number of carbonyl (C=O) groups excluding carboxylic acids is 1.